The van der Waals surface area contributed by atoms with E-state index < -0.39 is 17.2 Å². The van der Waals surface area contributed by atoms with Crippen LogP contribution in [0.15, 0.2) is 12.1 Å². The number of rotatable bonds is 1. The Bertz CT molecular complexity index is 418. The summed E-state index contributed by atoms with van der Waals surface area (Å²) in [5, 5.41) is 0. The van der Waals surface area contributed by atoms with Crippen molar-refractivity contribution in [3.8, 4) is 11.8 Å². The molecule has 72 valence electrons. The molecule has 14 heavy (non-hydrogen) atoms. The fraction of sp³-hybridized carbons (Fsp3) is 0.100. The number of hydrogen-bond acceptors (Lipinski definition) is 1. The zero-order chi connectivity index (χ0) is 10.6. The van der Waals surface area contributed by atoms with Gasteiger partial charge in [-0.05, 0) is 12.1 Å². The van der Waals surface area contributed by atoms with Crippen molar-refractivity contribution in [2.75, 3.05) is 5.88 Å². The van der Waals surface area contributed by atoms with E-state index in [2.05, 4.69) is 11.8 Å². The summed E-state index contributed by atoms with van der Waals surface area (Å²) in [6, 6.07) is 2.16. The Morgan fingerprint density at radius 1 is 1.43 bits per heavy atom. The minimum absolute atomic E-state index is 0.0332. The third-order valence-corrected chi connectivity index (χ3v) is 1.67. The molecule has 0 aliphatic carbocycles. The summed E-state index contributed by atoms with van der Waals surface area (Å²) < 4.78 is 26.0. The maximum atomic E-state index is 13.2. The number of aldehydes is 1. The summed E-state index contributed by atoms with van der Waals surface area (Å²) in [7, 11) is 0. The second-order valence-electron chi connectivity index (χ2n) is 2.38. The first-order valence-corrected chi connectivity index (χ1v) is 4.22. The lowest BCUT2D eigenvalue weighted by Gasteiger charge is -1.98. The van der Waals surface area contributed by atoms with Gasteiger partial charge in [0, 0.05) is 0 Å². The molecule has 1 aromatic carbocycles. The van der Waals surface area contributed by atoms with Crippen molar-refractivity contribution < 1.29 is 13.6 Å². The minimum atomic E-state index is -0.947. The minimum Gasteiger partial charge on any atom is -0.298 e. The normalized spacial score (nSPS) is 9.07. The molecule has 0 unspecified atom stereocenters. The highest BCUT2D eigenvalue weighted by Gasteiger charge is 2.10. The van der Waals surface area contributed by atoms with Crippen LogP contribution in [-0.2, 0) is 0 Å². The lowest BCUT2D eigenvalue weighted by atomic mass is 10.1. The molecule has 0 spiro atoms. The van der Waals surface area contributed by atoms with Crippen LogP contribution in [-0.4, -0.2) is 12.2 Å². The number of carbonyl (C=O) groups is 1. The summed E-state index contributed by atoms with van der Waals surface area (Å²) in [5.74, 6) is 3.00. The van der Waals surface area contributed by atoms with Gasteiger partial charge in [-0.15, -0.1) is 11.6 Å². The maximum absolute atomic E-state index is 13.2. The van der Waals surface area contributed by atoms with E-state index in [9.17, 15) is 13.6 Å². The lowest BCUT2D eigenvalue weighted by Crippen LogP contribution is -1.96. The first-order valence-electron chi connectivity index (χ1n) is 3.68. The zero-order valence-corrected chi connectivity index (χ0v) is 7.74. The zero-order valence-electron chi connectivity index (χ0n) is 6.98. The van der Waals surface area contributed by atoms with E-state index in [1.165, 1.54) is 0 Å². The van der Waals surface area contributed by atoms with Crippen molar-refractivity contribution in [3.05, 3.63) is 34.9 Å². The standard InChI is InChI=1S/C10H5ClF2O/c11-5-1-2-7-3-4-9(12)8(6-14)10(7)13/h3-4,6H,5H2. The molecular formula is C10H5ClF2O. The molecule has 1 rings (SSSR count). The molecule has 0 aliphatic rings. The van der Waals surface area contributed by atoms with Gasteiger partial charge in [-0.2, -0.15) is 0 Å². The Morgan fingerprint density at radius 3 is 2.71 bits per heavy atom. The van der Waals surface area contributed by atoms with Gasteiger partial charge in [0.15, 0.2) is 12.1 Å². The van der Waals surface area contributed by atoms with Gasteiger partial charge in [-0.1, -0.05) is 11.8 Å². The number of hydrogen-bond donors (Lipinski definition) is 0. The van der Waals surface area contributed by atoms with Crippen LogP contribution in [0.2, 0.25) is 0 Å². The Hall–Kier alpha value is -1.40. The van der Waals surface area contributed by atoms with E-state index in [4.69, 9.17) is 11.6 Å². The van der Waals surface area contributed by atoms with Gasteiger partial charge < -0.3 is 0 Å². The third-order valence-electron chi connectivity index (χ3n) is 1.53. The van der Waals surface area contributed by atoms with Gasteiger partial charge in [-0.3, -0.25) is 4.79 Å². The first-order chi connectivity index (χ1) is 6.70. The van der Waals surface area contributed by atoms with Crippen molar-refractivity contribution in [1.82, 2.24) is 0 Å². The molecule has 4 heteroatoms. The van der Waals surface area contributed by atoms with E-state index in [-0.39, 0.29) is 17.7 Å². The van der Waals surface area contributed by atoms with Crippen LogP contribution in [0.25, 0.3) is 0 Å². The van der Waals surface area contributed by atoms with E-state index >= 15 is 0 Å². The van der Waals surface area contributed by atoms with Crippen LogP contribution in [0.5, 0.6) is 0 Å². The van der Waals surface area contributed by atoms with Gasteiger partial charge in [0.05, 0.1) is 17.0 Å². The summed E-state index contributed by atoms with van der Waals surface area (Å²) in [6.45, 7) is 0. The van der Waals surface area contributed by atoms with Crippen molar-refractivity contribution in [2.24, 2.45) is 0 Å². The fourth-order valence-electron chi connectivity index (χ4n) is 0.903. The Labute approximate surface area is 84.7 Å². The van der Waals surface area contributed by atoms with Crippen molar-refractivity contribution >= 4 is 17.9 Å². The van der Waals surface area contributed by atoms with Crippen molar-refractivity contribution in [3.63, 3.8) is 0 Å². The van der Waals surface area contributed by atoms with Crippen LogP contribution in [0.4, 0.5) is 8.78 Å². The summed E-state index contributed by atoms with van der Waals surface area (Å²) >= 11 is 5.27. The Kier molecular flexibility index (Phi) is 3.61. The molecule has 1 nitrogen and oxygen atoms in total. The van der Waals surface area contributed by atoms with Crippen LogP contribution >= 0.6 is 11.6 Å². The molecule has 0 radical (unpaired) electrons. The van der Waals surface area contributed by atoms with Gasteiger partial charge >= 0.3 is 0 Å². The maximum Gasteiger partial charge on any atom is 0.156 e. The predicted molar refractivity (Wildman–Crippen MR) is 49.3 cm³/mol. The second-order valence-corrected chi connectivity index (χ2v) is 2.64. The van der Waals surface area contributed by atoms with E-state index in [0.29, 0.717) is 0 Å². The van der Waals surface area contributed by atoms with Crippen LogP contribution in [0, 0.1) is 23.5 Å². The van der Waals surface area contributed by atoms with Gasteiger partial charge in [0.25, 0.3) is 0 Å². The molecule has 0 aliphatic heterocycles. The number of carbonyl (C=O) groups excluding carboxylic acids is 1. The van der Waals surface area contributed by atoms with Crippen LogP contribution < -0.4 is 0 Å². The molecule has 0 bridgehead atoms. The second kappa shape index (κ2) is 4.73. The van der Waals surface area contributed by atoms with Gasteiger partial charge in [0.1, 0.15) is 5.82 Å². The summed E-state index contributed by atoms with van der Waals surface area (Å²) in [6.07, 6.45) is 0.122. The van der Waals surface area contributed by atoms with Crippen molar-refractivity contribution in [1.29, 1.82) is 0 Å². The Balaban J connectivity index is 3.28. The lowest BCUT2D eigenvalue weighted by molar-refractivity contribution is 0.111. The molecule has 1 aromatic rings. The number of alkyl halides is 1. The molecule has 0 saturated heterocycles. The molecule has 0 N–H and O–H groups in total. The third kappa shape index (κ3) is 2.09. The number of benzene rings is 1. The Morgan fingerprint density at radius 2 is 2.14 bits per heavy atom. The van der Waals surface area contributed by atoms with Crippen LogP contribution in [0.3, 0.4) is 0 Å². The topological polar surface area (TPSA) is 17.1 Å². The smallest absolute Gasteiger partial charge is 0.156 e. The highest BCUT2D eigenvalue weighted by molar-refractivity contribution is 6.19. The van der Waals surface area contributed by atoms with Gasteiger partial charge in [-0.25, -0.2) is 8.78 Å². The van der Waals surface area contributed by atoms with E-state index in [1.54, 1.807) is 0 Å². The summed E-state index contributed by atoms with van der Waals surface area (Å²) in [4.78, 5) is 10.3. The highest BCUT2D eigenvalue weighted by atomic mass is 35.5. The summed E-state index contributed by atoms with van der Waals surface area (Å²) in [5.41, 5.74) is -0.638. The van der Waals surface area contributed by atoms with Crippen LogP contribution in [0.1, 0.15) is 15.9 Å². The average Bonchev–Trinajstić information content (AvgIpc) is 2.18. The molecule has 0 amide bonds. The largest absolute Gasteiger partial charge is 0.298 e. The van der Waals surface area contributed by atoms with Crippen molar-refractivity contribution in [2.45, 2.75) is 0 Å². The quantitative estimate of drug-likeness (QED) is 0.399. The first kappa shape index (κ1) is 10.7. The average molecular weight is 215 g/mol. The molecule has 0 aromatic heterocycles. The molecular weight excluding hydrogens is 210 g/mol. The molecule has 0 heterocycles. The molecule has 0 saturated carbocycles. The fourth-order valence-corrected chi connectivity index (χ4v) is 0.969. The molecule has 0 atom stereocenters. The SMILES string of the molecule is O=Cc1c(F)ccc(C#CCCl)c1F. The molecule has 0 fully saturated rings. The van der Waals surface area contributed by atoms with E-state index in [1.807, 2.05) is 0 Å². The van der Waals surface area contributed by atoms with E-state index in [0.717, 1.165) is 12.1 Å². The highest BCUT2D eigenvalue weighted by Crippen LogP contribution is 2.14. The van der Waals surface area contributed by atoms with Gasteiger partial charge in [0.2, 0.25) is 0 Å². The predicted octanol–water partition coefficient (Wildman–Crippen LogP) is 2.37. The monoisotopic (exact) mass is 214 g/mol. The number of halogens is 3.